The van der Waals surface area contributed by atoms with Crippen molar-refractivity contribution in [3.05, 3.63) is 23.1 Å². The highest BCUT2D eigenvalue weighted by Crippen LogP contribution is 2.12. The molecule has 0 atom stereocenters. The molecule has 1 aromatic rings. The molecular weight excluding hydrogens is 248 g/mol. The predicted molar refractivity (Wildman–Crippen MR) is 60.9 cm³/mol. The summed E-state index contributed by atoms with van der Waals surface area (Å²) in [4.78, 5) is 22.6. The van der Waals surface area contributed by atoms with Crippen LogP contribution in [0.3, 0.4) is 0 Å². The highest BCUT2D eigenvalue weighted by atomic mass is 35.5. The summed E-state index contributed by atoms with van der Waals surface area (Å²) in [5, 5.41) is 5.08. The molecule has 1 rings (SSSR count). The highest BCUT2D eigenvalue weighted by molar-refractivity contribution is 6.29. The summed E-state index contributed by atoms with van der Waals surface area (Å²) in [6.07, 6.45) is 0. The Bertz CT molecular complexity index is 391. The maximum absolute atomic E-state index is 11.4. The van der Waals surface area contributed by atoms with Crippen LogP contribution in [0.25, 0.3) is 0 Å². The maximum atomic E-state index is 11.4. The third kappa shape index (κ3) is 4.88. The molecule has 17 heavy (non-hydrogen) atoms. The van der Waals surface area contributed by atoms with Gasteiger partial charge in [-0.3, -0.25) is 9.59 Å². The number of carbonyl (C=O) groups excluding carboxylic acids is 2. The van der Waals surface area contributed by atoms with Gasteiger partial charge in [0.25, 0.3) is 5.91 Å². The summed E-state index contributed by atoms with van der Waals surface area (Å²) in [6, 6.07) is 2.88. The van der Waals surface area contributed by atoms with Crippen molar-refractivity contribution in [2.45, 2.75) is 0 Å². The van der Waals surface area contributed by atoms with Crippen LogP contribution in [0.1, 0.15) is 10.6 Å². The number of amides is 2. The average molecular weight is 261 g/mol. The third-order valence-corrected chi connectivity index (χ3v) is 2.04. The summed E-state index contributed by atoms with van der Waals surface area (Å²) in [7, 11) is 1.54. The van der Waals surface area contributed by atoms with Crippen LogP contribution in [-0.2, 0) is 9.53 Å². The molecule has 0 spiro atoms. The molecule has 0 unspecified atom stereocenters. The average Bonchev–Trinajstić information content (AvgIpc) is 2.73. The Labute approximate surface area is 103 Å². The molecule has 2 N–H and O–H groups in total. The summed E-state index contributed by atoms with van der Waals surface area (Å²) in [5.74, 6) is -0.716. The number of hydrogen-bond donors (Lipinski definition) is 2. The van der Waals surface area contributed by atoms with E-state index in [2.05, 4.69) is 10.6 Å². The van der Waals surface area contributed by atoms with Crippen molar-refractivity contribution in [3.8, 4) is 0 Å². The van der Waals surface area contributed by atoms with E-state index in [1.54, 1.807) is 0 Å². The molecular formula is C10H13ClN2O4. The van der Waals surface area contributed by atoms with Gasteiger partial charge in [-0.05, 0) is 23.7 Å². The number of carbonyl (C=O) groups is 2. The smallest absolute Gasteiger partial charge is 0.287 e. The third-order valence-electron chi connectivity index (χ3n) is 1.83. The van der Waals surface area contributed by atoms with E-state index >= 15 is 0 Å². The minimum absolute atomic E-state index is 0.0692. The van der Waals surface area contributed by atoms with E-state index in [0.29, 0.717) is 13.2 Å². The molecule has 0 fully saturated rings. The number of nitrogens with one attached hydrogen (secondary N) is 2. The lowest BCUT2D eigenvalue weighted by Gasteiger charge is -2.05. The fourth-order valence-corrected chi connectivity index (χ4v) is 1.19. The fourth-order valence-electron chi connectivity index (χ4n) is 1.04. The number of furan rings is 1. The monoisotopic (exact) mass is 260 g/mol. The first-order valence-electron chi connectivity index (χ1n) is 4.92. The van der Waals surface area contributed by atoms with Crippen LogP contribution in [0.4, 0.5) is 0 Å². The van der Waals surface area contributed by atoms with Gasteiger partial charge >= 0.3 is 0 Å². The van der Waals surface area contributed by atoms with Crippen molar-refractivity contribution < 1.29 is 18.7 Å². The molecule has 2 amide bonds. The van der Waals surface area contributed by atoms with E-state index < -0.39 is 5.91 Å². The van der Waals surface area contributed by atoms with E-state index in [1.807, 2.05) is 0 Å². The Morgan fingerprint density at radius 2 is 2.18 bits per heavy atom. The Hall–Kier alpha value is -1.53. The maximum Gasteiger partial charge on any atom is 0.287 e. The van der Waals surface area contributed by atoms with Gasteiger partial charge in [0, 0.05) is 13.7 Å². The summed E-state index contributed by atoms with van der Waals surface area (Å²) in [5.41, 5.74) is 0. The van der Waals surface area contributed by atoms with Gasteiger partial charge in [-0.15, -0.1) is 0 Å². The molecule has 0 saturated heterocycles. The van der Waals surface area contributed by atoms with Crippen LogP contribution in [0.5, 0.6) is 0 Å². The van der Waals surface area contributed by atoms with Crippen LogP contribution < -0.4 is 10.6 Å². The zero-order valence-corrected chi connectivity index (χ0v) is 10.0. The van der Waals surface area contributed by atoms with Crippen molar-refractivity contribution in [2.75, 3.05) is 26.8 Å². The van der Waals surface area contributed by atoms with Crippen molar-refractivity contribution in [2.24, 2.45) is 0 Å². The van der Waals surface area contributed by atoms with Crippen molar-refractivity contribution in [1.29, 1.82) is 0 Å². The first-order chi connectivity index (χ1) is 8.13. The topological polar surface area (TPSA) is 80.6 Å². The number of ether oxygens (including phenoxy) is 1. The first-order valence-corrected chi connectivity index (χ1v) is 5.30. The molecule has 1 aromatic heterocycles. The first kappa shape index (κ1) is 13.5. The van der Waals surface area contributed by atoms with Crippen LogP contribution in [-0.4, -0.2) is 38.6 Å². The lowest BCUT2D eigenvalue weighted by atomic mass is 10.4. The summed E-state index contributed by atoms with van der Waals surface area (Å²) in [6.45, 7) is 0.701. The Morgan fingerprint density at radius 3 is 2.76 bits per heavy atom. The Balaban J connectivity index is 2.26. The van der Waals surface area contributed by atoms with E-state index in [9.17, 15) is 9.59 Å². The minimum atomic E-state index is -0.487. The zero-order chi connectivity index (χ0) is 12.7. The van der Waals surface area contributed by atoms with Gasteiger partial charge < -0.3 is 19.8 Å². The standard InChI is InChI=1S/C10H13ClN2O4/c1-16-5-4-12-9(14)6-13-10(15)7-2-3-8(11)17-7/h2-3H,4-6H2,1H3,(H,12,14)(H,13,15). The Kier molecular flexibility index (Phi) is 5.51. The lowest BCUT2D eigenvalue weighted by molar-refractivity contribution is -0.120. The number of hydrogen-bond acceptors (Lipinski definition) is 4. The van der Waals surface area contributed by atoms with Gasteiger partial charge in [0.05, 0.1) is 13.2 Å². The number of methoxy groups -OCH3 is 1. The second kappa shape index (κ2) is 6.93. The number of rotatable bonds is 6. The molecule has 0 aliphatic carbocycles. The van der Waals surface area contributed by atoms with Crippen LogP contribution >= 0.6 is 11.6 Å². The molecule has 94 valence electrons. The molecule has 0 saturated carbocycles. The van der Waals surface area contributed by atoms with Gasteiger partial charge in [-0.2, -0.15) is 0 Å². The van der Waals surface area contributed by atoms with Gasteiger partial charge in [0.15, 0.2) is 11.0 Å². The van der Waals surface area contributed by atoms with Crippen LogP contribution in [0.2, 0.25) is 5.22 Å². The van der Waals surface area contributed by atoms with Gasteiger partial charge in [-0.25, -0.2) is 0 Å². The lowest BCUT2D eigenvalue weighted by Crippen LogP contribution is -2.38. The molecule has 6 nitrogen and oxygen atoms in total. The molecule has 0 radical (unpaired) electrons. The van der Waals surface area contributed by atoms with E-state index in [1.165, 1.54) is 19.2 Å². The van der Waals surface area contributed by atoms with Gasteiger partial charge in [0.2, 0.25) is 5.91 Å². The van der Waals surface area contributed by atoms with Crippen molar-refractivity contribution in [1.82, 2.24) is 10.6 Å². The van der Waals surface area contributed by atoms with Gasteiger partial charge in [-0.1, -0.05) is 0 Å². The van der Waals surface area contributed by atoms with Crippen molar-refractivity contribution >= 4 is 23.4 Å². The van der Waals surface area contributed by atoms with E-state index in [4.69, 9.17) is 20.8 Å². The van der Waals surface area contributed by atoms with Crippen molar-refractivity contribution in [3.63, 3.8) is 0 Å². The SMILES string of the molecule is COCCNC(=O)CNC(=O)c1ccc(Cl)o1. The minimum Gasteiger partial charge on any atom is -0.440 e. The second-order valence-electron chi connectivity index (χ2n) is 3.13. The van der Waals surface area contributed by atoms with Crippen LogP contribution in [0, 0.1) is 0 Å². The normalized spacial score (nSPS) is 10.0. The summed E-state index contributed by atoms with van der Waals surface area (Å²) < 4.78 is 9.64. The van der Waals surface area contributed by atoms with Gasteiger partial charge in [0.1, 0.15) is 0 Å². The molecule has 7 heteroatoms. The predicted octanol–water partition coefficient (Wildman–Crippen LogP) is 0.425. The van der Waals surface area contributed by atoms with E-state index in [0.717, 1.165) is 0 Å². The molecule has 0 aliphatic heterocycles. The Morgan fingerprint density at radius 1 is 1.41 bits per heavy atom. The fraction of sp³-hybridized carbons (Fsp3) is 0.400. The largest absolute Gasteiger partial charge is 0.440 e. The van der Waals surface area contributed by atoms with E-state index in [-0.39, 0.29) is 23.4 Å². The zero-order valence-electron chi connectivity index (χ0n) is 9.29. The van der Waals surface area contributed by atoms with Crippen LogP contribution in [0.15, 0.2) is 16.5 Å². The summed E-state index contributed by atoms with van der Waals surface area (Å²) >= 11 is 5.51. The quantitative estimate of drug-likeness (QED) is 0.727. The molecule has 0 aromatic carbocycles. The highest BCUT2D eigenvalue weighted by Gasteiger charge is 2.11. The molecule has 0 aliphatic rings. The second-order valence-corrected chi connectivity index (χ2v) is 3.50. The molecule has 1 heterocycles. The molecule has 0 bridgehead atoms. The number of halogens is 1.